The maximum atomic E-state index is 12.8. The molecule has 1 rings (SSSR count). The van der Waals surface area contributed by atoms with E-state index in [0.717, 1.165) is 0 Å². The van der Waals surface area contributed by atoms with Crippen LogP contribution in [0.1, 0.15) is 29.3 Å². The number of esters is 1. The van der Waals surface area contributed by atoms with Gasteiger partial charge in [0.05, 0.1) is 12.2 Å². The number of halogens is 3. The van der Waals surface area contributed by atoms with Crippen molar-refractivity contribution in [1.29, 1.82) is 0 Å². The zero-order valence-corrected chi connectivity index (χ0v) is 10.6. The van der Waals surface area contributed by atoms with E-state index in [2.05, 4.69) is 25.7 Å². The van der Waals surface area contributed by atoms with Crippen molar-refractivity contribution in [2.75, 3.05) is 6.61 Å². The molecule has 0 aliphatic rings. The summed E-state index contributed by atoms with van der Waals surface area (Å²) in [6.07, 6.45) is -2.36. The minimum atomic E-state index is -3.07. The van der Waals surface area contributed by atoms with Crippen molar-refractivity contribution in [2.24, 2.45) is 0 Å². The largest absolute Gasteiger partial charge is 0.462 e. The van der Waals surface area contributed by atoms with Gasteiger partial charge in [0, 0.05) is 0 Å². The molecule has 0 saturated heterocycles. The molecule has 1 aromatic heterocycles. The first-order chi connectivity index (χ1) is 8.40. The fourth-order valence-electron chi connectivity index (χ4n) is 1.20. The fraction of sp³-hybridized carbons (Fsp3) is 0.333. The lowest BCUT2D eigenvalue weighted by atomic mass is 10.1. The van der Waals surface area contributed by atoms with Gasteiger partial charge < -0.3 is 14.9 Å². The number of ether oxygens (including phenoxy) is 1. The van der Waals surface area contributed by atoms with Gasteiger partial charge in [-0.15, -0.1) is 0 Å². The number of nitro groups is 1. The van der Waals surface area contributed by atoms with E-state index in [1.165, 1.54) is 6.92 Å². The van der Waals surface area contributed by atoms with Crippen LogP contribution in [0.4, 0.5) is 14.6 Å². The number of alkyl halides is 2. The number of carbonyl (C=O) groups excluding carboxylic acids is 1. The van der Waals surface area contributed by atoms with Crippen molar-refractivity contribution < 1.29 is 23.2 Å². The highest BCUT2D eigenvalue weighted by molar-refractivity contribution is 9.10. The van der Waals surface area contributed by atoms with Crippen molar-refractivity contribution in [1.82, 2.24) is 4.98 Å². The molecule has 0 aliphatic carbocycles. The maximum absolute atomic E-state index is 12.8. The molecule has 18 heavy (non-hydrogen) atoms. The van der Waals surface area contributed by atoms with Gasteiger partial charge in [-0.3, -0.25) is 0 Å². The SMILES string of the molecule is CCOC(=O)c1cnc([N+](=O)[O-])c(Br)c1C(F)F. The van der Waals surface area contributed by atoms with Crippen LogP contribution in [0.2, 0.25) is 0 Å². The highest BCUT2D eigenvalue weighted by atomic mass is 79.9. The summed E-state index contributed by atoms with van der Waals surface area (Å²) in [4.78, 5) is 24.4. The molecule has 0 aromatic carbocycles. The van der Waals surface area contributed by atoms with Crippen molar-refractivity contribution in [2.45, 2.75) is 13.3 Å². The number of pyridine rings is 1. The highest BCUT2D eigenvalue weighted by Crippen LogP contribution is 2.35. The van der Waals surface area contributed by atoms with Gasteiger partial charge in [0.25, 0.3) is 6.43 Å². The summed E-state index contributed by atoms with van der Waals surface area (Å²) in [6, 6.07) is 0. The van der Waals surface area contributed by atoms with Crippen LogP contribution in [0, 0.1) is 10.1 Å². The average molecular weight is 325 g/mol. The van der Waals surface area contributed by atoms with Crippen LogP contribution in [-0.4, -0.2) is 22.5 Å². The first-order valence-corrected chi connectivity index (χ1v) is 5.47. The van der Waals surface area contributed by atoms with E-state index in [9.17, 15) is 23.7 Å². The van der Waals surface area contributed by atoms with Gasteiger partial charge in [-0.25, -0.2) is 13.6 Å². The predicted octanol–water partition coefficient (Wildman–Crippen LogP) is 2.87. The number of aromatic nitrogens is 1. The topological polar surface area (TPSA) is 82.3 Å². The summed E-state index contributed by atoms with van der Waals surface area (Å²) in [5.41, 5.74) is -1.29. The number of rotatable bonds is 4. The second-order valence-corrected chi connectivity index (χ2v) is 3.79. The molecule has 1 aromatic rings. The van der Waals surface area contributed by atoms with E-state index in [0.29, 0.717) is 6.20 Å². The number of nitrogens with zero attached hydrogens (tertiary/aromatic N) is 2. The lowest BCUT2D eigenvalue weighted by Gasteiger charge is -2.08. The van der Waals surface area contributed by atoms with Crippen molar-refractivity contribution in [3.05, 3.63) is 31.9 Å². The quantitative estimate of drug-likeness (QED) is 0.483. The van der Waals surface area contributed by atoms with Crippen LogP contribution in [0.3, 0.4) is 0 Å². The maximum Gasteiger partial charge on any atom is 0.378 e. The van der Waals surface area contributed by atoms with E-state index in [1.54, 1.807) is 0 Å². The minimum absolute atomic E-state index is 0.00385. The van der Waals surface area contributed by atoms with Gasteiger partial charge in [0.2, 0.25) is 0 Å². The van der Waals surface area contributed by atoms with E-state index in [4.69, 9.17) is 0 Å². The van der Waals surface area contributed by atoms with Gasteiger partial charge in [0.15, 0.2) is 6.20 Å². The molecule has 6 nitrogen and oxygen atoms in total. The summed E-state index contributed by atoms with van der Waals surface area (Å²) in [6.45, 7) is 1.50. The fourth-order valence-corrected chi connectivity index (χ4v) is 1.84. The molecular weight excluding hydrogens is 318 g/mol. The normalized spacial score (nSPS) is 10.5. The molecule has 98 valence electrons. The Balaban J connectivity index is 3.41. The summed E-state index contributed by atoms with van der Waals surface area (Å²) in [5, 5.41) is 10.6. The molecule has 0 fully saturated rings. The Morgan fingerprint density at radius 1 is 1.67 bits per heavy atom. The third-order valence-electron chi connectivity index (χ3n) is 1.93. The molecule has 9 heteroatoms. The van der Waals surface area contributed by atoms with Gasteiger partial charge >= 0.3 is 11.8 Å². The van der Waals surface area contributed by atoms with Crippen molar-refractivity contribution in [3.63, 3.8) is 0 Å². The Morgan fingerprint density at radius 3 is 2.72 bits per heavy atom. The third-order valence-corrected chi connectivity index (χ3v) is 2.71. The Hall–Kier alpha value is -1.64. The molecule has 0 radical (unpaired) electrons. The van der Waals surface area contributed by atoms with Crippen molar-refractivity contribution >= 4 is 27.7 Å². The zero-order chi connectivity index (χ0) is 13.9. The molecule has 0 atom stereocenters. The number of hydrogen-bond donors (Lipinski definition) is 0. The molecule has 0 unspecified atom stereocenters. The Bertz CT molecular complexity index is 496. The van der Waals surface area contributed by atoms with E-state index in [-0.39, 0.29) is 6.61 Å². The molecule has 0 bridgehead atoms. The second-order valence-electron chi connectivity index (χ2n) is 3.00. The lowest BCUT2D eigenvalue weighted by Crippen LogP contribution is -2.11. The van der Waals surface area contributed by atoms with Crippen LogP contribution in [-0.2, 0) is 4.74 Å². The average Bonchev–Trinajstić information content (AvgIpc) is 2.27. The second kappa shape index (κ2) is 5.80. The summed E-state index contributed by atoms with van der Waals surface area (Å²) in [7, 11) is 0. The molecular formula is C9H7BrF2N2O4. The molecule has 1 heterocycles. The standard InChI is InChI=1S/C9H7BrF2N2O4/c1-2-18-9(15)4-3-13-8(14(16)17)6(10)5(4)7(11)12/h3,7H,2H2,1H3. The Kier molecular flexibility index (Phi) is 4.65. The van der Waals surface area contributed by atoms with Gasteiger partial charge in [0.1, 0.15) is 10.0 Å². The minimum Gasteiger partial charge on any atom is -0.462 e. The number of carbonyl (C=O) groups is 1. The van der Waals surface area contributed by atoms with Crippen LogP contribution < -0.4 is 0 Å². The number of hydrogen-bond acceptors (Lipinski definition) is 5. The molecule has 0 N–H and O–H groups in total. The van der Waals surface area contributed by atoms with Crippen molar-refractivity contribution in [3.8, 4) is 0 Å². The van der Waals surface area contributed by atoms with E-state index < -0.39 is 38.7 Å². The Morgan fingerprint density at radius 2 is 2.28 bits per heavy atom. The Labute approximate surface area is 108 Å². The van der Waals surface area contributed by atoms with Crippen LogP contribution in [0.25, 0.3) is 0 Å². The summed E-state index contributed by atoms with van der Waals surface area (Å²) < 4.78 is 29.7. The van der Waals surface area contributed by atoms with Gasteiger partial charge in [-0.05, 0) is 32.8 Å². The van der Waals surface area contributed by atoms with Crippen LogP contribution in [0.15, 0.2) is 10.7 Å². The summed E-state index contributed by atoms with van der Waals surface area (Å²) in [5.74, 6) is -1.78. The predicted molar refractivity (Wildman–Crippen MR) is 59.5 cm³/mol. The van der Waals surface area contributed by atoms with Crippen LogP contribution in [0.5, 0.6) is 0 Å². The first kappa shape index (κ1) is 14.4. The van der Waals surface area contributed by atoms with Gasteiger partial charge in [-0.1, -0.05) is 0 Å². The first-order valence-electron chi connectivity index (χ1n) is 4.68. The lowest BCUT2D eigenvalue weighted by molar-refractivity contribution is -0.390. The van der Waals surface area contributed by atoms with Crippen LogP contribution >= 0.6 is 15.9 Å². The molecule has 0 aliphatic heterocycles. The van der Waals surface area contributed by atoms with Gasteiger partial charge in [-0.2, -0.15) is 0 Å². The smallest absolute Gasteiger partial charge is 0.378 e. The molecule has 0 saturated carbocycles. The zero-order valence-electron chi connectivity index (χ0n) is 9.02. The summed E-state index contributed by atoms with van der Waals surface area (Å²) >= 11 is 2.66. The van der Waals surface area contributed by atoms with E-state index in [1.807, 2.05) is 0 Å². The van der Waals surface area contributed by atoms with E-state index >= 15 is 0 Å². The third kappa shape index (κ3) is 2.78. The highest BCUT2D eigenvalue weighted by Gasteiger charge is 2.30. The monoisotopic (exact) mass is 324 g/mol. The molecule has 0 spiro atoms. The molecule has 0 amide bonds.